The van der Waals surface area contributed by atoms with Gasteiger partial charge in [0.15, 0.2) is 6.61 Å². The highest BCUT2D eigenvalue weighted by Crippen LogP contribution is 2.39. The molecule has 3 rings (SSSR count). The summed E-state index contributed by atoms with van der Waals surface area (Å²) in [5.41, 5.74) is 1.88. The van der Waals surface area contributed by atoms with E-state index in [0.29, 0.717) is 6.54 Å². The Kier molecular flexibility index (Phi) is 6.41. The van der Waals surface area contributed by atoms with Crippen molar-refractivity contribution in [2.24, 2.45) is 0 Å². The van der Waals surface area contributed by atoms with E-state index in [9.17, 15) is 13.2 Å². The molecule has 1 unspecified atom stereocenters. The van der Waals surface area contributed by atoms with Crippen molar-refractivity contribution in [2.45, 2.75) is 18.8 Å². The third-order valence-corrected chi connectivity index (χ3v) is 5.08. The number of rotatable bonds is 6. The maximum absolute atomic E-state index is 12.3. The lowest BCUT2D eigenvalue weighted by Gasteiger charge is -2.27. The summed E-state index contributed by atoms with van der Waals surface area (Å²) < 4.78 is 52.6. The standard InChI is InChI=1S/C20H20F3NO3S/c1-25-16-4-3-5-17(26-2)18(16)19-24(10-11-28-19)12-14-6-8-15(9-7-14)27-13-20(21,22)23/h3-11,16H,12-13H2,1-2H3/b19-18-. The van der Waals surface area contributed by atoms with Crippen molar-refractivity contribution in [1.29, 1.82) is 0 Å². The van der Waals surface area contributed by atoms with Crippen LogP contribution in [0.4, 0.5) is 13.2 Å². The number of allylic oxidation sites excluding steroid dienone is 2. The molecule has 0 fully saturated rings. The Bertz CT molecular complexity index is 813. The number of halogens is 3. The molecule has 1 atom stereocenters. The van der Waals surface area contributed by atoms with Crippen molar-refractivity contribution < 1.29 is 27.4 Å². The first-order chi connectivity index (χ1) is 13.4. The molecule has 8 heteroatoms. The van der Waals surface area contributed by atoms with E-state index >= 15 is 0 Å². The minimum Gasteiger partial charge on any atom is -0.496 e. The Morgan fingerprint density at radius 2 is 1.89 bits per heavy atom. The van der Waals surface area contributed by atoms with Gasteiger partial charge in [-0.1, -0.05) is 36.0 Å². The molecular weight excluding hydrogens is 391 g/mol. The molecule has 0 saturated heterocycles. The molecule has 1 aliphatic carbocycles. The van der Waals surface area contributed by atoms with Crippen molar-refractivity contribution in [3.63, 3.8) is 0 Å². The zero-order valence-electron chi connectivity index (χ0n) is 15.4. The number of nitrogens with zero attached hydrogens (tertiary/aromatic N) is 1. The Hall–Kier alpha value is -2.32. The predicted octanol–water partition coefficient (Wildman–Crippen LogP) is 4.97. The van der Waals surface area contributed by atoms with E-state index < -0.39 is 12.8 Å². The molecule has 0 aromatic heterocycles. The summed E-state index contributed by atoms with van der Waals surface area (Å²) in [5, 5.41) is 2.96. The van der Waals surface area contributed by atoms with Crippen LogP contribution < -0.4 is 4.74 Å². The summed E-state index contributed by atoms with van der Waals surface area (Å²) >= 11 is 1.57. The zero-order chi connectivity index (χ0) is 20.1. The predicted molar refractivity (Wildman–Crippen MR) is 102 cm³/mol. The van der Waals surface area contributed by atoms with E-state index in [-0.39, 0.29) is 11.9 Å². The van der Waals surface area contributed by atoms with Gasteiger partial charge in [0.25, 0.3) is 0 Å². The van der Waals surface area contributed by atoms with Gasteiger partial charge in [0.1, 0.15) is 17.6 Å². The van der Waals surface area contributed by atoms with Crippen LogP contribution in [0.1, 0.15) is 5.56 Å². The third-order valence-electron chi connectivity index (χ3n) is 4.15. The van der Waals surface area contributed by atoms with Crippen molar-refractivity contribution in [2.75, 3.05) is 20.8 Å². The fourth-order valence-electron chi connectivity index (χ4n) is 2.87. The number of benzene rings is 1. The van der Waals surface area contributed by atoms with Gasteiger partial charge in [0, 0.05) is 19.9 Å². The second kappa shape index (κ2) is 8.79. The Morgan fingerprint density at radius 3 is 2.54 bits per heavy atom. The quantitative estimate of drug-likeness (QED) is 0.659. The van der Waals surface area contributed by atoms with Crippen LogP contribution in [0.15, 0.2) is 70.5 Å². The molecule has 1 aromatic carbocycles. The monoisotopic (exact) mass is 411 g/mol. The van der Waals surface area contributed by atoms with Crippen molar-refractivity contribution in [3.8, 4) is 5.75 Å². The number of hydrogen-bond donors (Lipinski definition) is 0. The molecular formula is C20H20F3NO3S. The van der Waals surface area contributed by atoms with Crippen LogP contribution in [-0.2, 0) is 16.0 Å². The number of methoxy groups -OCH3 is 2. The Morgan fingerprint density at radius 1 is 1.14 bits per heavy atom. The number of ether oxygens (including phenoxy) is 3. The minimum atomic E-state index is -4.35. The van der Waals surface area contributed by atoms with Crippen LogP contribution in [0.2, 0.25) is 0 Å². The second-order valence-corrected chi connectivity index (χ2v) is 6.97. The molecule has 0 saturated carbocycles. The van der Waals surface area contributed by atoms with Crippen LogP contribution in [0.3, 0.4) is 0 Å². The maximum Gasteiger partial charge on any atom is 0.422 e. The molecule has 0 spiro atoms. The molecule has 0 N–H and O–H groups in total. The van der Waals surface area contributed by atoms with E-state index in [4.69, 9.17) is 14.2 Å². The molecule has 1 aromatic rings. The van der Waals surface area contributed by atoms with Gasteiger partial charge in [-0.2, -0.15) is 13.2 Å². The van der Waals surface area contributed by atoms with Crippen LogP contribution >= 0.6 is 11.8 Å². The van der Waals surface area contributed by atoms with E-state index in [0.717, 1.165) is 21.9 Å². The lowest BCUT2D eigenvalue weighted by Crippen LogP contribution is -2.22. The molecule has 0 radical (unpaired) electrons. The van der Waals surface area contributed by atoms with E-state index in [2.05, 4.69) is 4.90 Å². The van der Waals surface area contributed by atoms with Gasteiger partial charge in [0.05, 0.1) is 17.7 Å². The first-order valence-electron chi connectivity index (χ1n) is 8.49. The number of thioether (sulfide) groups is 1. The summed E-state index contributed by atoms with van der Waals surface area (Å²) in [4.78, 5) is 2.06. The normalized spacial score (nSPS) is 21.8. The lowest BCUT2D eigenvalue weighted by atomic mass is 10.0. The van der Waals surface area contributed by atoms with Gasteiger partial charge in [0.2, 0.25) is 0 Å². The smallest absolute Gasteiger partial charge is 0.422 e. The summed E-state index contributed by atoms with van der Waals surface area (Å²) in [5.74, 6) is 0.925. The van der Waals surface area contributed by atoms with Crippen molar-refractivity contribution in [3.05, 3.63) is 76.0 Å². The molecule has 0 bridgehead atoms. The zero-order valence-corrected chi connectivity index (χ0v) is 16.2. The first-order valence-corrected chi connectivity index (χ1v) is 9.37. The topological polar surface area (TPSA) is 30.9 Å². The fourth-order valence-corrected chi connectivity index (χ4v) is 3.81. The number of hydrogen-bond acceptors (Lipinski definition) is 5. The van der Waals surface area contributed by atoms with Gasteiger partial charge >= 0.3 is 6.18 Å². The second-order valence-electron chi connectivity index (χ2n) is 6.07. The highest BCUT2D eigenvalue weighted by atomic mass is 32.2. The molecule has 150 valence electrons. The highest BCUT2D eigenvalue weighted by Gasteiger charge is 2.29. The van der Waals surface area contributed by atoms with E-state index in [1.165, 1.54) is 0 Å². The van der Waals surface area contributed by atoms with Gasteiger partial charge in [-0.25, -0.2) is 0 Å². The summed E-state index contributed by atoms with van der Waals surface area (Å²) in [7, 11) is 3.26. The van der Waals surface area contributed by atoms with Crippen LogP contribution in [0, 0.1) is 0 Å². The van der Waals surface area contributed by atoms with Crippen molar-refractivity contribution in [1.82, 2.24) is 4.90 Å². The number of alkyl halides is 3. The molecule has 28 heavy (non-hydrogen) atoms. The van der Waals surface area contributed by atoms with Gasteiger partial charge < -0.3 is 19.1 Å². The maximum atomic E-state index is 12.3. The van der Waals surface area contributed by atoms with Crippen LogP contribution in [0.5, 0.6) is 5.75 Å². The largest absolute Gasteiger partial charge is 0.496 e. The minimum absolute atomic E-state index is 0.187. The fraction of sp³-hybridized carbons (Fsp3) is 0.300. The third kappa shape index (κ3) is 4.94. The average Bonchev–Trinajstić information content (AvgIpc) is 3.13. The highest BCUT2D eigenvalue weighted by molar-refractivity contribution is 8.06. The Balaban J connectivity index is 1.75. The molecule has 1 aliphatic heterocycles. The van der Waals surface area contributed by atoms with Crippen LogP contribution in [0.25, 0.3) is 0 Å². The van der Waals surface area contributed by atoms with Crippen LogP contribution in [-0.4, -0.2) is 38.0 Å². The van der Waals surface area contributed by atoms with Gasteiger partial charge in [-0.15, -0.1) is 0 Å². The van der Waals surface area contributed by atoms with E-state index in [1.807, 2.05) is 29.8 Å². The lowest BCUT2D eigenvalue weighted by molar-refractivity contribution is -0.153. The first kappa shape index (κ1) is 20.4. The molecule has 4 nitrogen and oxygen atoms in total. The molecule has 1 heterocycles. The summed E-state index contributed by atoms with van der Waals surface area (Å²) in [6.07, 6.45) is 3.13. The SMILES string of the molecule is COC1=CC=CC(OC)/C1=C1/SC=CN1Cc1ccc(OCC(F)(F)F)cc1. The van der Waals surface area contributed by atoms with E-state index in [1.54, 1.807) is 50.2 Å². The molecule has 2 aliphatic rings. The summed E-state index contributed by atoms with van der Waals surface area (Å²) in [6.45, 7) is -0.745. The van der Waals surface area contributed by atoms with Gasteiger partial charge in [-0.05, 0) is 29.2 Å². The Labute approximate surface area is 165 Å². The summed E-state index contributed by atoms with van der Waals surface area (Å²) in [6, 6.07) is 6.60. The van der Waals surface area contributed by atoms with Gasteiger partial charge in [-0.3, -0.25) is 0 Å². The van der Waals surface area contributed by atoms with Crippen molar-refractivity contribution >= 4 is 11.8 Å². The average molecular weight is 411 g/mol. The molecule has 0 amide bonds.